The highest BCUT2D eigenvalue weighted by atomic mass is 79.9. The first kappa shape index (κ1) is 19.4. The summed E-state index contributed by atoms with van der Waals surface area (Å²) in [5.41, 5.74) is 6.88. The molecule has 1 amide bonds. The third-order valence-corrected chi connectivity index (χ3v) is 4.51. The number of nitrogens with two attached hydrogens (primary N) is 1. The standard InChI is InChI=1S/C16H23BrN2O2.ClH/c1-12(18)9-15(20)19-11-16(5-7-21-8-6-16)13-3-2-4-14(17)10-13;/h2-4,10,12H,5-9,11,18H2,1H3,(H,19,20);1H. The number of rotatable bonds is 5. The van der Waals surface area contributed by atoms with Gasteiger partial charge in [0.05, 0.1) is 0 Å². The molecule has 0 saturated carbocycles. The highest BCUT2D eigenvalue weighted by Gasteiger charge is 2.34. The van der Waals surface area contributed by atoms with Crippen molar-refractivity contribution in [2.45, 2.75) is 37.6 Å². The second-order valence-corrected chi connectivity index (χ2v) is 6.78. The lowest BCUT2D eigenvalue weighted by atomic mass is 9.74. The summed E-state index contributed by atoms with van der Waals surface area (Å²) in [4.78, 5) is 11.9. The average Bonchev–Trinajstić information content (AvgIpc) is 2.45. The Labute approximate surface area is 146 Å². The summed E-state index contributed by atoms with van der Waals surface area (Å²) in [6.07, 6.45) is 2.20. The van der Waals surface area contributed by atoms with Gasteiger partial charge in [-0.15, -0.1) is 12.4 Å². The van der Waals surface area contributed by atoms with Crippen molar-refractivity contribution in [3.63, 3.8) is 0 Å². The van der Waals surface area contributed by atoms with E-state index in [-0.39, 0.29) is 29.8 Å². The van der Waals surface area contributed by atoms with Gasteiger partial charge in [0.15, 0.2) is 0 Å². The summed E-state index contributed by atoms with van der Waals surface area (Å²) in [7, 11) is 0. The minimum Gasteiger partial charge on any atom is -0.381 e. The maximum absolute atomic E-state index is 11.9. The van der Waals surface area contributed by atoms with Crippen LogP contribution >= 0.6 is 28.3 Å². The normalized spacial score (nSPS) is 18.1. The van der Waals surface area contributed by atoms with Crippen molar-refractivity contribution in [2.75, 3.05) is 19.8 Å². The first-order valence-electron chi connectivity index (χ1n) is 7.38. The number of benzene rings is 1. The molecule has 124 valence electrons. The largest absolute Gasteiger partial charge is 0.381 e. The lowest BCUT2D eigenvalue weighted by Crippen LogP contribution is -2.45. The number of halogens is 2. The zero-order valence-corrected chi connectivity index (χ0v) is 15.2. The van der Waals surface area contributed by atoms with Crippen LogP contribution in [0.4, 0.5) is 0 Å². The van der Waals surface area contributed by atoms with Gasteiger partial charge in [-0.3, -0.25) is 4.79 Å². The minimum atomic E-state index is -0.110. The van der Waals surface area contributed by atoms with Crippen molar-refractivity contribution in [1.29, 1.82) is 0 Å². The first-order chi connectivity index (χ1) is 10.0. The summed E-state index contributed by atoms with van der Waals surface area (Å²) < 4.78 is 6.57. The molecular weight excluding hydrogens is 368 g/mol. The Kier molecular flexibility index (Phi) is 7.83. The van der Waals surface area contributed by atoms with Crippen LogP contribution in [0.15, 0.2) is 28.7 Å². The average molecular weight is 392 g/mol. The van der Waals surface area contributed by atoms with Crippen LogP contribution in [0.5, 0.6) is 0 Å². The van der Waals surface area contributed by atoms with Crippen molar-refractivity contribution < 1.29 is 9.53 Å². The van der Waals surface area contributed by atoms with Crippen molar-refractivity contribution in [1.82, 2.24) is 5.32 Å². The fourth-order valence-corrected chi connectivity index (χ4v) is 3.18. The van der Waals surface area contributed by atoms with E-state index in [9.17, 15) is 4.79 Å². The van der Waals surface area contributed by atoms with E-state index < -0.39 is 0 Å². The quantitative estimate of drug-likeness (QED) is 0.811. The molecule has 1 unspecified atom stereocenters. The van der Waals surface area contributed by atoms with E-state index in [2.05, 4.69) is 33.4 Å². The number of hydrogen-bond acceptors (Lipinski definition) is 3. The smallest absolute Gasteiger partial charge is 0.221 e. The van der Waals surface area contributed by atoms with Gasteiger partial charge in [0.25, 0.3) is 0 Å². The van der Waals surface area contributed by atoms with Gasteiger partial charge in [0.1, 0.15) is 0 Å². The number of carbonyl (C=O) groups excluding carboxylic acids is 1. The van der Waals surface area contributed by atoms with Crippen molar-refractivity contribution in [3.05, 3.63) is 34.3 Å². The third-order valence-electron chi connectivity index (χ3n) is 4.02. The fraction of sp³-hybridized carbons (Fsp3) is 0.562. The van der Waals surface area contributed by atoms with E-state index in [1.807, 2.05) is 19.1 Å². The van der Waals surface area contributed by atoms with E-state index in [1.165, 1.54) is 5.56 Å². The highest BCUT2D eigenvalue weighted by molar-refractivity contribution is 9.10. The van der Waals surface area contributed by atoms with Gasteiger partial charge >= 0.3 is 0 Å². The van der Waals surface area contributed by atoms with Gasteiger partial charge in [-0.05, 0) is 37.5 Å². The Bertz CT molecular complexity index is 491. The van der Waals surface area contributed by atoms with Crippen LogP contribution in [0.25, 0.3) is 0 Å². The number of ether oxygens (including phenoxy) is 1. The van der Waals surface area contributed by atoms with Gasteiger partial charge in [-0.2, -0.15) is 0 Å². The predicted molar refractivity (Wildman–Crippen MR) is 94.4 cm³/mol. The molecule has 0 radical (unpaired) electrons. The summed E-state index contributed by atoms with van der Waals surface area (Å²) in [6, 6.07) is 8.23. The molecule has 0 bridgehead atoms. The van der Waals surface area contributed by atoms with Crippen LogP contribution in [0.2, 0.25) is 0 Å². The van der Waals surface area contributed by atoms with E-state index in [0.29, 0.717) is 13.0 Å². The zero-order chi connectivity index (χ0) is 15.3. The maximum Gasteiger partial charge on any atom is 0.221 e. The maximum atomic E-state index is 11.9. The predicted octanol–water partition coefficient (Wildman–Crippen LogP) is 2.77. The van der Waals surface area contributed by atoms with Gasteiger partial charge < -0.3 is 15.8 Å². The van der Waals surface area contributed by atoms with Crippen LogP contribution in [0.1, 0.15) is 31.7 Å². The molecule has 0 spiro atoms. The molecule has 2 rings (SSSR count). The Hall–Kier alpha value is -0.620. The summed E-state index contributed by atoms with van der Waals surface area (Å²) in [5, 5.41) is 3.05. The molecule has 1 atom stereocenters. The summed E-state index contributed by atoms with van der Waals surface area (Å²) >= 11 is 3.53. The van der Waals surface area contributed by atoms with E-state index in [1.54, 1.807) is 0 Å². The fourth-order valence-electron chi connectivity index (χ4n) is 2.78. The Morgan fingerprint density at radius 1 is 1.45 bits per heavy atom. The molecule has 1 aliphatic rings. The molecule has 1 fully saturated rings. The molecule has 1 heterocycles. The van der Waals surface area contributed by atoms with Crippen LogP contribution in [0, 0.1) is 0 Å². The molecule has 3 N–H and O–H groups in total. The molecule has 4 nitrogen and oxygen atoms in total. The molecule has 6 heteroatoms. The Morgan fingerprint density at radius 3 is 2.73 bits per heavy atom. The molecule has 0 aliphatic carbocycles. The lowest BCUT2D eigenvalue weighted by Gasteiger charge is -2.38. The molecule has 0 aromatic heterocycles. The molecular formula is C16H24BrClN2O2. The molecule has 1 aliphatic heterocycles. The van der Waals surface area contributed by atoms with Gasteiger partial charge in [0, 0.05) is 42.1 Å². The van der Waals surface area contributed by atoms with Gasteiger partial charge in [-0.1, -0.05) is 28.1 Å². The van der Waals surface area contributed by atoms with E-state index >= 15 is 0 Å². The second kappa shape index (κ2) is 8.87. The van der Waals surface area contributed by atoms with Crippen molar-refractivity contribution in [2.24, 2.45) is 5.73 Å². The Morgan fingerprint density at radius 2 is 2.14 bits per heavy atom. The molecule has 1 saturated heterocycles. The number of nitrogens with one attached hydrogen (secondary N) is 1. The van der Waals surface area contributed by atoms with Crippen LogP contribution < -0.4 is 11.1 Å². The van der Waals surface area contributed by atoms with Gasteiger partial charge in [-0.25, -0.2) is 0 Å². The minimum absolute atomic E-state index is 0. The van der Waals surface area contributed by atoms with E-state index in [0.717, 1.165) is 30.5 Å². The van der Waals surface area contributed by atoms with Crippen molar-refractivity contribution >= 4 is 34.2 Å². The Balaban J connectivity index is 0.00000242. The van der Waals surface area contributed by atoms with Crippen LogP contribution in [-0.4, -0.2) is 31.7 Å². The monoisotopic (exact) mass is 390 g/mol. The first-order valence-corrected chi connectivity index (χ1v) is 8.17. The SMILES string of the molecule is CC(N)CC(=O)NCC1(c2cccc(Br)c2)CCOCC1.Cl. The second-order valence-electron chi connectivity index (χ2n) is 5.86. The third kappa shape index (κ3) is 5.23. The highest BCUT2D eigenvalue weighted by Crippen LogP contribution is 2.35. The van der Waals surface area contributed by atoms with Crippen LogP contribution in [-0.2, 0) is 14.9 Å². The van der Waals surface area contributed by atoms with Crippen molar-refractivity contribution in [3.8, 4) is 0 Å². The number of hydrogen-bond donors (Lipinski definition) is 2. The molecule has 1 aromatic rings. The van der Waals surface area contributed by atoms with E-state index in [4.69, 9.17) is 10.5 Å². The zero-order valence-electron chi connectivity index (χ0n) is 12.8. The topological polar surface area (TPSA) is 64.4 Å². The number of carbonyl (C=O) groups is 1. The molecule has 22 heavy (non-hydrogen) atoms. The molecule has 1 aromatic carbocycles. The lowest BCUT2D eigenvalue weighted by molar-refractivity contribution is -0.121. The number of amides is 1. The van der Waals surface area contributed by atoms with Gasteiger partial charge in [0.2, 0.25) is 5.91 Å². The summed E-state index contributed by atoms with van der Waals surface area (Å²) in [6.45, 7) is 3.95. The van der Waals surface area contributed by atoms with Crippen LogP contribution in [0.3, 0.4) is 0 Å². The summed E-state index contributed by atoms with van der Waals surface area (Å²) in [5.74, 6) is 0.0193.